The van der Waals surface area contributed by atoms with Crippen LogP contribution in [0.1, 0.15) is 57.4 Å². The average Bonchev–Trinajstić information content (AvgIpc) is 3.20. The fraction of sp³-hybridized carbons (Fsp3) is 0.500. The van der Waals surface area contributed by atoms with Crippen LogP contribution >= 0.6 is 34.8 Å². The van der Waals surface area contributed by atoms with E-state index in [0.29, 0.717) is 56.7 Å². The predicted molar refractivity (Wildman–Crippen MR) is 142 cm³/mol. The number of halogens is 3. The van der Waals surface area contributed by atoms with Gasteiger partial charge in [0.15, 0.2) is 5.65 Å². The van der Waals surface area contributed by atoms with E-state index in [1.165, 1.54) is 0 Å². The lowest BCUT2D eigenvalue weighted by Gasteiger charge is -2.29. The Morgan fingerprint density at radius 2 is 1.67 bits per heavy atom. The number of amides is 1. The molecule has 2 fully saturated rings. The minimum absolute atomic E-state index is 0.0468. The van der Waals surface area contributed by atoms with Gasteiger partial charge in [-0.3, -0.25) is 9.36 Å². The van der Waals surface area contributed by atoms with Gasteiger partial charge in [0.05, 0.1) is 28.0 Å². The van der Waals surface area contributed by atoms with Gasteiger partial charge in [0, 0.05) is 23.0 Å². The number of carbonyl (C=O) groups is 1. The minimum atomic E-state index is -0.256. The highest BCUT2D eigenvalue weighted by molar-refractivity contribution is 6.41. The van der Waals surface area contributed by atoms with Crippen LogP contribution in [-0.4, -0.2) is 42.7 Å². The number of nitrogens with one attached hydrogen (secondary N) is 2. The van der Waals surface area contributed by atoms with Gasteiger partial charge in [0.25, 0.3) is 0 Å². The second kappa shape index (κ2) is 10.6. The van der Waals surface area contributed by atoms with E-state index in [1.54, 1.807) is 18.3 Å². The lowest BCUT2D eigenvalue weighted by Crippen LogP contribution is -2.29. The van der Waals surface area contributed by atoms with Crippen molar-refractivity contribution < 1.29 is 9.90 Å². The number of aromatic nitrogens is 4. The molecule has 9 nitrogen and oxygen atoms in total. The molecule has 192 valence electrons. The van der Waals surface area contributed by atoms with Crippen molar-refractivity contribution in [2.24, 2.45) is 11.7 Å². The maximum atomic E-state index is 11.7. The van der Waals surface area contributed by atoms with Crippen molar-refractivity contribution in [3.63, 3.8) is 0 Å². The first-order valence-electron chi connectivity index (χ1n) is 12.2. The Kier molecular flexibility index (Phi) is 7.44. The van der Waals surface area contributed by atoms with Crippen LogP contribution in [0.25, 0.3) is 11.2 Å². The van der Waals surface area contributed by atoms with E-state index in [1.807, 2.05) is 4.57 Å². The predicted octanol–water partition coefficient (Wildman–Crippen LogP) is 5.46. The number of rotatable bonds is 6. The van der Waals surface area contributed by atoms with Gasteiger partial charge in [0.2, 0.25) is 17.8 Å². The summed E-state index contributed by atoms with van der Waals surface area (Å²) in [7, 11) is 0. The van der Waals surface area contributed by atoms with E-state index in [0.717, 1.165) is 38.5 Å². The number of aliphatic hydroxyl groups is 1. The molecule has 5 rings (SSSR count). The molecule has 2 aliphatic carbocycles. The maximum absolute atomic E-state index is 11.7. The van der Waals surface area contributed by atoms with Crippen LogP contribution in [0, 0.1) is 5.92 Å². The van der Waals surface area contributed by atoms with E-state index in [4.69, 9.17) is 50.5 Å². The molecule has 3 aromatic rings. The zero-order valence-electron chi connectivity index (χ0n) is 19.6. The van der Waals surface area contributed by atoms with Crippen LogP contribution in [0.15, 0.2) is 18.3 Å². The quantitative estimate of drug-likeness (QED) is 0.319. The second-order valence-corrected chi connectivity index (χ2v) is 10.9. The Labute approximate surface area is 223 Å². The summed E-state index contributed by atoms with van der Waals surface area (Å²) in [5, 5.41) is 17.7. The lowest BCUT2D eigenvalue weighted by molar-refractivity contribution is -0.122. The SMILES string of the molecule is NC(=O)C1CCC(n2c(Nc3c(Cl)cc(Cl)cc3Cl)nc3cnc(NC4CCC(O)CC4)nc32)CC1. The molecule has 12 heteroatoms. The zero-order chi connectivity index (χ0) is 25.4. The third-order valence-corrected chi connectivity index (χ3v) is 7.98. The Morgan fingerprint density at radius 1 is 1.00 bits per heavy atom. The maximum Gasteiger partial charge on any atom is 0.224 e. The fourth-order valence-corrected chi connectivity index (χ4v) is 6.10. The van der Waals surface area contributed by atoms with Crippen LogP contribution < -0.4 is 16.4 Å². The third kappa shape index (κ3) is 5.34. The van der Waals surface area contributed by atoms with Crippen LogP contribution in [0.2, 0.25) is 15.1 Å². The lowest BCUT2D eigenvalue weighted by atomic mass is 9.85. The number of nitrogens with zero attached hydrogens (tertiary/aromatic N) is 4. The van der Waals surface area contributed by atoms with Gasteiger partial charge in [-0.2, -0.15) is 4.98 Å². The van der Waals surface area contributed by atoms with Crippen molar-refractivity contribution >= 4 is 69.5 Å². The molecule has 1 aromatic carbocycles. The van der Waals surface area contributed by atoms with Gasteiger partial charge in [-0.25, -0.2) is 9.97 Å². The number of fused-ring (bicyclic) bond motifs is 1. The summed E-state index contributed by atoms with van der Waals surface area (Å²) in [6.07, 6.45) is 7.61. The summed E-state index contributed by atoms with van der Waals surface area (Å²) in [5.74, 6) is 0.672. The Balaban J connectivity index is 1.50. The van der Waals surface area contributed by atoms with E-state index < -0.39 is 0 Å². The summed E-state index contributed by atoms with van der Waals surface area (Å²) >= 11 is 19.0. The molecule has 5 N–H and O–H groups in total. The number of imidazole rings is 1. The molecule has 2 heterocycles. The Hall–Kier alpha value is -2.33. The molecular formula is C24H28Cl3N7O2. The normalized spacial score (nSPS) is 24.6. The molecule has 0 bridgehead atoms. The minimum Gasteiger partial charge on any atom is -0.393 e. The highest BCUT2D eigenvalue weighted by Crippen LogP contribution is 2.40. The number of hydrogen-bond donors (Lipinski definition) is 4. The van der Waals surface area contributed by atoms with Gasteiger partial charge >= 0.3 is 0 Å². The molecule has 36 heavy (non-hydrogen) atoms. The van der Waals surface area contributed by atoms with Gasteiger partial charge in [-0.05, 0) is 63.5 Å². The van der Waals surface area contributed by atoms with Crippen molar-refractivity contribution in [3.05, 3.63) is 33.4 Å². The van der Waals surface area contributed by atoms with Crippen molar-refractivity contribution in [2.45, 2.75) is 69.6 Å². The largest absolute Gasteiger partial charge is 0.393 e. The Morgan fingerprint density at radius 3 is 2.31 bits per heavy atom. The van der Waals surface area contributed by atoms with Gasteiger partial charge in [-0.1, -0.05) is 34.8 Å². The molecule has 0 atom stereocenters. The van der Waals surface area contributed by atoms with Crippen LogP contribution in [-0.2, 0) is 4.79 Å². The molecule has 2 saturated carbocycles. The molecule has 1 amide bonds. The third-order valence-electron chi connectivity index (χ3n) is 7.17. The topological polar surface area (TPSA) is 131 Å². The van der Waals surface area contributed by atoms with E-state index in [2.05, 4.69) is 15.6 Å². The number of anilines is 3. The van der Waals surface area contributed by atoms with Crippen molar-refractivity contribution in [1.82, 2.24) is 19.5 Å². The molecule has 0 spiro atoms. The van der Waals surface area contributed by atoms with Crippen molar-refractivity contribution in [3.8, 4) is 0 Å². The molecular weight excluding hydrogens is 525 g/mol. The average molecular weight is 553 g/mol. The van der Waals surface area contributed by atoms with Crippen LogP contribution in [0.5, 0.6) is 0 Å². The smallest absolute Gasteiger partial charge is 0.224 e. The first kappa shape index (κ1) is 25.3. The van der Waals surface area contributed by atoms with E-state index >= 15 is 0 Å². The zero-order valence-corrected chi connectivity index (χ0v) is 21.8. The first-order chi connectivity index (χ1) is 17.3. The van der Waals surface area contributed by atoms with Gasteiger partial charge in [-0.15, -0.1) is 0 Å². The van der Waals surface area contributed by atoms with Crippen molar-refractivity contribution in [2.75, 3.05) is 10.6 Å². The number of aliphatic hydroxyl groups excluding tert-OH is 1. The molecule has 2 aliphatic rings. The molecule has 0 aliphatic heterocycles. The first-order valence-corrected chi connectivity index (χ1v) is 13.3. The van der Waals surface area contributed by atoms with Gasteiger partial charge < -0.3 is 21.5 Å². The fourth-order valence-electron chi connectivity index (χ4n) is 5.19. The van der Waals surface area contributed by atoms with Crippen molar-refractivity contribution in [1.29, 1.82) is 0 Å². The number of nitrogens with two attached hydrogens (primary N) is 1. The van der Waals surface area contributed by atoms with E-state index in [9.17, 15) is 9.90 Å². The van der Waals surface area contributed by atoms with E-state index in [-0.39, 0.29) is 30.0 Å². The monoisotopic (exact) mass is 551 g/mol. The number of primary amides is 1. The van der Waals surface area contributed by atoms with Gasteiger partial charge in [0.1, 0.15) is 5.52 Å². The molecule has 0 saturated heterocycles. The van der Waals surface area contributed by atoms with Crippen LogP contribution in [0.3, 0.4) is 0 Å². The summed E-state index contributed by atoms with van der Waals surface area (Å²) in [6.45, 7) is 0. The molecule has 0 unspecified atom stereocenters. The highest BCUT2D eigenvalue weighted by Gasteiger charge is 2.30. The Bertz CT molecular complexity index is 1250. The summed E-state index contributed by atoms with van der Waals surface area (Å²) in [4.78, 5) is 25.8. The number of carbonyl (C=O) groups excluding carboxylic acids is 1. The highest BCUT2D eigenvalue weighted by atomic mass is 35.5. The number of benzene rings is 1. The summed E-state index contributed by atoms with van der Waals surface area (Å²) in [6, 6.07) is 3.49. The summed E-state index contributed by atoms with van der Waals surface area (Å²) in [5.41, 5.74) is 7.36. The van der Waals surface area contributed by atoms with Crippen LogP contribution in [0.4, 0.5) is 17.6 Å². The number of hydrogen-bond acceptors (Lipinski definition) is 7. The second-order valence-electron chi connectivity index (χ2n) is 9.63. The molecule has 0 radical (unpaired) electrons. The molecule has 2 aromatic heterocycles. The summed E-state index contributed by atoms with van der Waals surface area (Å²) < 4.78 is 2.05. The standard InChI is InChI=1S/C24H28Cl3N7O2/c25-13-9-17(26)20(18(27)10-13)32-24-31-19-11-29-23(30-14-3-7-16(35)8-4-14)33-22(19)34(24)15-5-1-12(2-6-15)21(28)36/h9-12,14-16,35H,1-8H2,(H2,28,36)(H,31,32)(H,29,30,33).